The highest BCUT2D eigenvalue weighted by atomic mass is 16.6. The molecule has 0 aliphatic carbocycles. The summed E-state index contributed by atoms with van der Waals surface area (Å²) in [4.78, 5) is 52.6. The molecule has 3 amide bonds. The van der Waals surface area contributed by atoms with Gasteiger partial charge in [-0.05, 0) is 56.9 Å². The lowest BCUT2D eigenvalue weighted by Gasteiger charge is -2.31. The van der Waals surface area contributed by atoms with Gasteiger partial charge in [0.25, 0.3) is 5.91 Å². The fraction of sp³-hybridized carbons (Fsp3) is 0.379. The van der Waals surface area contributed by atoms with Crippen LogP contribution in [0, 0.1) is 26.3 Å². The first-order valence-corrected chi connectivity index (χ1v) is 12.1. The molecule has 0 spiro atoms. The maximum atomic E-state index is 13.9. The highest BCUT2D eigenvalue weighted by Crippen LogP contribution is 2.27. The molecule has 0 bridgehead atoms. The van der Waals surface area contributed by atoms with Gasteiger partial charge in [0.15, 0.2) is 0 Å². The largest absolute Gasteiger partial charge is 0.468 e. The van der Waals surface area contributed by atoms with Crippen LogP contribution in [0.5, 0.6) is 0 Å². The van der Waals surface area contributed by atoms with Gasteiger partial charge in [-0.2, -0.15) is 0 Å². The van der Waals surface area contributed by atoms with Crippen molar-refractivity contribution in [3.8, 4) is 12.5 Å². The van der Waals surface area contributed by atoms with Crippen molar-refractivity contribution < 1.29 is 28.7 Å². The van der Waals surface area contributed by atoms with Crippen molar-refractivity contribution in [2.75, 3.05) is 13.7 Å². The van der Waals surface area contributed by atoms with Crippen molar-refractivity contribution in [1.82, 2.24) is 15.5 Å². The zero-order chi connectivity index (χ0) is 28.5. The molecule has 0 aliphatic rings. The SMILES string of the molecule is C#CN(C(=O)C(Cc1ccccc1)NC(=O)OC(C)(C)C)C(C(=O)NCC(=O)OC)c1cccc(C)c1C. The Labute approximate surface area is 223 Å². The van der Waals surface area contributed by atoms with Gasteiger partial charge in [0.2, 0.25) is 5.91 Å². The van der Waals surface area contributed by atoms with Crippen LogP contribution in [-0.4, -0.2) is 54.1 Å². The average Bonchev–Trinajstić information content (AvgIpc) is 2.86. The summed E-state index contributed by atoms with van der Waals surface area (Å²) in [7, 11) is 1.20. The lowest BCUT2D eigenvalue weighted by molar-refractivity contribution is -0.142. The van der Waals surface area contributed by atoms with Crippen LogP contribution >= 0.6 is 0 Å². The minimum Gasteiger partial charge on any atom is -0.468 e. The Morgan fingerprint density at radius 3 is 2.26 bits per heavy atom. The van der Waals surface area contributed by atoms with E-state index in [2.05, 4.69) is 21.4 Å². The summed E-state index contributed by atoms with van der Waals surface area (Å²) >= 11 is 0. The number of methoxy groups -OCH3 is 1. The molecular formula is C29H35N3O6. The van der Waals surface area contributed by atoms with E-state index in [0.29, 0.717) is 5.56 Å². The van der Waals surface area contributed by atoms with E-state index in [1.807, 2.05) is 50.2 Å². The first-order chi connectivity index (χ1) is 17.9. The lowest BCUT2D eigenvalue weighted by atomic mass is 9.95. The number of alkyl carbamates (subject to hydrolysis) is 1. The fourth-order valence-corrected chi connectivity index (χ4v) is 3.73. The molecule has 2 unspecified atom stereocenters. The monoisotopic (exact) mass is 521 g/mol. The van der Waals surface area contributed by atoms with Crippen molar-refractivity contribution in [3.63, 3.8) is 0 Å². The summed E-state index contributed by atoms with van der Waals surface area (Å²) in [6, 6.07) is 14.3. The van der Waals surface area contributed by atoms with Crippen LogP contribution in [0.2, 0.25) is 0 Å². The first-order valence-electron chi connectivity index (χ1n) is 12.1. The molecule has 9 heteroatoms. The molecule has 0 heterocycles. The Bertz CT molecular complexity index is 1200. The quantitative estimate of drug-likeness (QED) is 0.298. The number of esters is 1. The predicted molar refractivity (Wildman–Crippen MR) is 143 cm³/mol. The topological polar surface area (TPSA) is 114 Å². The molecule has 0 aliphatic heterocycles. The third kappa shape index (κ3) is 8.37. The highest BCUT2D eigenvalue weighted by Gasteiger charge is 2.37. The molecule has 2 N–H and O–H groups in total. The highest BCUT2D eigenvalue weighted by molar-refractivity contribution is 5.94. The van der Waals surface area contributed by atoms with Crippen molar-refractivity contribution in [2.24, 2.45) is 0 Å². The van der Waals surface area contributed by atoms with Crippen molar-refractivity contribution in [2.45, 2.75) is 58.7 Å². The molecule has 2 aromatic rings. The van der Waals surface area contributed by atoms with E-state index in [0.717, 1.165) is 21.6 Å². The number of nitrogens with zero attached hydrogens (tertiary/aromatic N) is 1. The van der Waals surface area contributed by atoms with Crippen LogP contribution in [-0.2, 0) is 30.3 Å². The van der Waals surface area contributed by atoms with Gasteiger partial charge in [-0.25, -0.2) is 4.79 Å². The van der Waals surface area contributed by atoms with E-state index < -0.39 is 48.1 Å². The zero-order valence-corrected chi connectivity index (χ0v) is 22.7. The van der Waals surface area contributed by atoms with Crippen LogP contribution in [0.4, 0.5) is 4.79 Å². The Balaban J connectivity index is 2.52. The molecular weight excluding hydrogens is 486 g/mol. The molecule has 0 fully saturated rings. The number of amides is 3. The fourth-order valence-electron chi connectivity index (χ4n) is 3.73. The van der Waals surface area contributed by atoms with Gasteiger partial charge in [-0.1, -0.05) is 55.0 Å². The lowest BCUT2D eigenvalue weighted by Crippen LogP contribution is -2.52. The molecule has 38 heavy (non-hydrogen) atoms. The Hall–Kier alpha value is -4.32. The number of carbonyl (C=O) groups is 4. The van der Waals surface area contributed by atoms with Crippen molar-refractivity contribution in [1.29, 1.82) is 0 Å². The molecule has 2 aromatic carbocycles. The second kappa shape index (κ2) is 13.3. The van der Waals surface area contributed by atoms with E-state index in [-0.39, 0.29) is 6.42 Å². The maximum Gasteiger partial charge on any atom is 0.408 e. The predicted octanol–water partition coefficient (Wildman–Crippen LogP) is 3.19. The molecule has 2 rings (SSSR count). The average molecular weight is 522 g/mol. The van der Waals surface area contributed by atoms with Gasteiger partial charge in [-0.3, -0.25) is 19.3 Å². The van der Waals surface area contributed by atoms with E-state index >= 15 is 0 Å². The molecule has 0 radical (unpaired) electrons. The number of benzene rings is 2. The molecule has 2 atom stereocenters. The third-order valence-electron chi connectivity index (χ3n) is 5.73. The normalized spacial score (nSPS) is 12.3. The molecule has 9 nitrogen and oxygen atoms in total. The van der Waals surface area contributed by atoms with Gasteiger partial charge in [-0.15, -0.1) is 0 Å². The standard InChI is InChI=1S/C29H35N3O6/c1-8-32(25(26(34)30-18-24(33)37-7)22-16-12-13-19(2)20(22)3)27(35)23(17-21-14-10-9-11-15-21)31-28(36)38-29(4,5)6/h1,9-16,23,25H,17-18H2,2-7H3,(H,30,34)(H,31,36). The molecule has 0 saturated carbocycles. The number of hydrogen-bond donors (Lipinski definition) is 2. The minimum absolute atomic E-state index is 0.0976. The van der Waals surface area contributed by atoms with Gasteiger partial charge in [0.1, 0.15) is 24.2 Å². The number of ether oxygens (including phenoxy) is 2. The second-order valence-corrected chi connectivity index (χ2v) is 9.71. The number of terminal acetylenes is 1. The van der Waals surface area contributed by atoms with E-state index in [1.165, 1.54) is 7.11 Å². The van der Waals surface area contributed by atoms with Crippen LogP contribution in [0.25, 0.3) is 0 Å². The minimum atomic E-state index is -1.28. The molecule has 0 aromatic heterocycles. The van der Waals surface area contributed by atoms with Crippen LogP contribution in [0.1, 0.15) is 49.1 Å². The summed E-state index contributed by atoms with van der Waals surface area (Å²) < 4.78 is 9.99. The molecule has 202 valence electrons. The maximum absolute atomic E-state index is 13.9. The van der Waals surface area contributed by atoms with Gasteiger partial charge in [0.05, 0.1) is 7.11 Å². The van der Waals surface area contributed by atoms with E-state index in [9.17, 15) is 19.2 Å². The second-order valence-electron chi connectivity index (χ2n) is 9.71. The molecule has 0 saturated heterocycles. The number of aryl methyl sites for hydroxylation is 1. The van der Waals surface area contributed by atoms with Crippen molar-refractivity contribution in [3.05, 3.63) is 70.8 Å². The number of hydrogen-bond acceptors (Lipinski definition) is 6. The van der Waals surface area contributed by atoms with Crippen LogP contribution in [0.3, 0.4) is 0 Å². The number of carbonyl (C=O) groups excluding carboxylic acids is 4. The van der Waals surface area contributed by atoms with Gasteiger partial charge < -0.3 is 20.1 Å². The van der Waals surface area contributed by atoms with Crippen LogP contribution in [0.15, 0.2) is 48.5 Å². The number of rotatable bonds is 9. The van der Waals surface area contributed by atoms with Gasteiger partial charge in [0, 0.05) is 12.5 Å². The van der Waals surface area contributed by atoms with E-state index in [1.54, 1.807) is 32.9 Å². The summed E-state index contributed by atoms with van der Waals surface area (Å²) in [6.07, 6.45) is 5.12. The number of nitrogens with one attached hydrogen (secondary N) is 2. The third-order valence-corrected chi connectivity index (χ3v) is 5.73. The Morgan fingerprint density at radius 2 is 1.68 bits per heavy atom. The summed E-state index contributed by atoms with van der Waals surface area (Å²) in [5.41, 5.74) is 2.07. The smallest absolute Gasteiger partial charge is 0.408 e. The van der Waals surface area contributed by atoms with Crippen LogP contribution < -0.4 is 10.6 Å². The first kappa shape index (κ1) is 29.9. The summed E-state index contributed by atoms with van der Waals surface area (Å²) in [5.74, 6) is -2.03. The van der Waals surface area contributed by atoms with E-state index in [4.69, 9.17) is 11.2 Å². The zero-order valence-electron chi connectivity index (χ0n) is 22.7. The Kier molecular flexibility index (Phi) is 10.5. The van der Waals surface area contributed by atoms with Gasteiger partial charge >= 0.3 is 12.1 Å². The summed E-state index contributed by atoms with van der Waals surface area (Å²) in [6.45, 7) is 8.38. The Morgan fingerprint density at radius 1 is 1.03 bits per heavy atom. The summed E-state index contributed by atoms with van der Waals surface area (Å²) in [5, 5.41) is 5.11. The van der Waals surface area contributed by atoms with Crippen molar-refractivity contribution >= 4 is 23.9 Å².